The van der Waals surface area contributed by atoms with Gasteiger partial charge in [-0.05, 0) is 80.5 Å². The fourth-order valence-electron chi connectivity index (χ4n) is 6.19. The monoisotopic (exact) mass is 535 g/mol. The molecule has 1 aliphatic heterocycles. The fourth-order valence-corrected chi connectivity index (χ4v) is 6.19. The lowest BCUT2D eigenvalue weighted by molar-refractivity contribution is 0.0511. The van der Waals surface area contributed by atoms with Crippen LogP contribution in [0.25, 0.3) is 16.8 Å². The average Bonchev–Trinajstić information content (AvgIpc) is 3.32. The highest BCUT2D eigenvalue weighted by atomic mass is 16.5. The number of ether oxygens (including phenoxy) is 1. The molecule has 0 saturated carbocycles. The zero-order valence-corrected chi connectivity index (χ0v) is 24.5. The summed E-state index contributed by atoms with van der Waals surface area (Å²) in [7, 11) is 0. The molecule has 1 aliphatic rings. The third-order valence-corrected chi connectivity index (χ3v) is 8.12. The second-order valence-electron chi connectivity index (χ2n) is 10.9. The quantitative estimate of drug-likeness (QED) is 0.204. The first kappa shape index (κ1) is 28.0. The molecule has 0 spiro atoms. The molecule has 0 fully saturated rings. The molecule has 1 atom stereocenters. The summed E-state index contributed by atoms with van der Waals surface area (Å²) in [6, 6.07) is 21.7. The predicted octanol–water partition coefficient (Wildman–Crippen LogP) is 7.06. The van der Waals surface area contributed by atoms with Crippen LogP contribution in [0.1, 0.15) is 70.3 Å². The van der Waals surface area contributed by atoms with Crippen molar-refractivity contribution in [3.05, 3.63) is 105 Å². The van der Waals surface area contributed by atoms with Crippen LogP contribution in [0.15, 0.2) is 60.7 Å². The van der Waals surface area contributed by atoms with Crippen LogP contribution in [-0.4, -0.2) is 40.2 Å². The topological polar surface area (TPSA) is 47.4 Å². The molecule has 3 aromatic carbocycles. The van der Waals surface area contributed by atoms with E-state index in [1.165, 1.54) is 33.5 Å². The molecule has 4 aromatic rings. The van der Waals surface area contributed by atoms with Gasteiger partial charge in [-0.2, -0.15) is 5.10 Å². The number of rotatable bonds is 10. The molecule has 0 aliphatic carbocycles. The number of hydrogen-bond acceptors (Lipinski definition) is 4. The minimum atomic E-state index is 0.329. The Bertz CT molecular complexity index is 1480. The summed E-state index contributed by atoms with van der Waals surface area (Å²) in [4.78, 5) is 14.6. The number of aromatic nitrogens is 2. The Kier molecular flexibility index (Phi) is 8.63. The molecule has 40 heavy (non-hydrogen) atoms. The molecular weight excluding hydrogens is 494 g/mol. The number of aryl methyl sites for hydroxylation is 3. The number of hydrogen-bond donors (Lipinski definition) is 0. The van der Waals surface area contributed by atoms with Gasteiger partial charge in [0.25, 0.3) is 0 Å². The molecule has 0 bridgehead atoms. The summed E-state index contributed by atoms with van der Waals surface area (Å²) in [5.41, 5.74) is 12.6. The van der Waals surface area contributed by atoms with Crippen molar-refractivity contribution in [2.45, 2.75) is 73.0 Å². The highest BCUT2D eigenvalue weighted by molar-refractivity contribution is 5.88. The lowest BCUT2D eigenvalue weighted by Crippen LogP contribution is -2.43. The second-order valence-corrected chi connectivity index (χ2v) is 10.9. The summed E-state index contributed by atoms with van der Waals surface area (Å²) in [6.07, 6.45) is 3.69. The summed E-state index contributed by atoms with van der Waals surface area (Å²) < 4.78 is 8.06. The lowest BCUT2D eigenvalue weighted by atomic mass is 9.93. The van der Waals surface area contributed by atoms with Crippen molar-refractivity contribution in [2.75, 3.05) is 13.2 Å². The predicted molar refractivity (Wildman–Crippen MR) is 162 cm³/mol. The maximum absolute atomic E-state index is 12.0. The van der Waals surface area contributed by atoms with Gasteiger partial charge >= 0.3 is 0 Å². The third kappa shape index (κ3) is 5.67. The van der Waals surface area contributed by atoms with E-state index in [1.54, 1.807) is 0 Å². The largest absolute Gasteiger partial charge is 0.380 e. The summed E-state index contributed by atoms with van der Waals surface area (Å²) in [6.45, 7) is 13.9. The minimum Gasteiger partial charge on any atom is -0.380 e. The molecule has 0 N–H and O–H groups in total. The van der Waals surface area contributed by atoms with Gasteiger partial charge in [0.2, 0.25) is 0 Å². The number of carbonyl (C=O) groups is 1. The van der Waals surface area contributed by atoms with Gasteiger partial charge in [0.15, 0.2) is 6.29 Å². The van der Waals surface area contributed by atoms with E-state index < -0.39 is 0 Å². The van der Waals surface area contributed by atoms with E-state index in [2.05, 4.69) is 92.7 Å². The molecular formula is C35H41N3O2. The van der Waals surface area contributed by atoms with Crippen molar-refractivity contribution in [1.82, 2.24) is 14.7 Å². The summed E-state index contributed by atoms with van der Waals surface area (Å²) in [5, 5.41) is 5.16. The normalized spacial score (nSPS) is 15.3. The van der Waals surface area contributed by atoms with E-state index in [9.17, 15) is 4.79 Å². The van der Waals surface area contributed by atoms with E-state index >= 15 is 0 Å². The first-order valence-corrected chi connectivity index (χ1v) is 14.6. The molecule has 2 heterocycles. The van der Waals surface area contributed by atoms with Gasteiger partial charge in [0.05, 0.1) is 18.0 Å². The molecule has 5 nitrogen and oxygen atoms in total. The van der Waals surface area contributed by atoms with Crippen LogP contribution in [0.2, 0.25) is 0 Å². The van der Waals surface area contributed by atoms with Crippen molar-refractivity contribution < 1.29 is 9.53 Å². The molecule has 0 radical (unpaired) electrons. The van der Waals surface area contributed by atoms with Crippen LogP contribution in [0.4, 0.5) is 0 Å². The van der Waals surface area contributed by atoms with Crippen molar-refractivity contribution in [3.63, 3.8) is 0 Å². The van der Waals surface area contributed by atoms with Crippen LogP contribution in [0.5, 0.6) is 0 Å². The molecule has 0 saturated heterocycles. The van der Waals surface area contributed by atoms with E-state index in [4.69, 9.17) is 9.84 Å². The van der Waals surface area contributed by atoms with Gasteiger partial charge in [-0.1, -0.05) is 67.4 Å². The molecule has 1 unspecified atom stereocenters. The number of benzene rings is 3. The zero-order valence-electron chi connectivity index (χ0n) is 24.5. The van der Waals surface area contributed by atoms with E-state index in [1.807, 2.05) is 12.1 Å². The molecule has 1 aromatic heterocycles. The van der Waals surface area contributed by atoms with Crippen molar-refractivity contribution in [2.24, 2.45) is 0 Å². The van der Waals surface area contributed by atoms with Crippen LogP contribution in [0.3, 0.4) is 0 Å². The Balaban J connectivity index is 1.55. The van der Waals surface area contributed by atoms with Crippen molar-refractivity contribution >= 4 is 6.29 Å². The van der Waals surface area contributed by atoms with Crippen LogP contribution in [0, 0.1) is 13.8 Å². The molecule has 0 amide bonds. The molecule has 5 rings (SSSR count). The highest BCUT2D eigenvalue weighted by Gasteiger charge is 2.29. The van der Waals surface area contributed by atoms with Crippen LogP contribution in [-0.2, 0) is 37.1 Å². The first-order chi connectivity index (χ1) is 19.4. The van der Waals surface area contributed by atoms with Gasteiger partial charge in [0.1, 0.15) is 0 Å². The van der Waals surface area contributed by atoms with E-state index in [-0.39, 0.29) is 0 Å². The number of carbonyl (C=O) groups excluding carboxylic acids is 1. The number of fused-ring (bicyclic) bond motifs is 1. The Morgan fingerprint density at radius 2 is 1.70 bits per heavy atom. The Hall–Kier alpha value is -3.54. The molecule has 208 valence electrons. The lowest BCUT2D eigenvalue weighted by Gasteiger charge is -2.37. The Labute approximate surface area is 238 Å². The number of nitrogens with zero attached hydrogens (tertiary/aromatic N) is 3. The Morgan fingerprint density at radius 3 is 2.38 bits per heavy atom. The van der Waals surface area contributed by atoms with Gasteiger partial charge in [-0.25, -0.2) is 4.68 Å². The van der Waals surface area contributed by atoms with Gasteiger partial charge in [-0.15, -0.1) is 0 Å². The summed E-state index contributed by atoms with van der Waals surface area (Å²) in [5.74, 6) is 0. The standard InChI is InChI=1S/C35H41N3O2/c1-6-34-33(21-37-20-27-12-10-9-11-26(27)18-31(37)23-40-8-3)35(7-2)38(36-34)30-14-13-28(22-39)32(19-30)29-16-24(4)15-25(5)17-29/h9-17,19,22,31H,6-8,18,20-21,23H2,1-5H3. The first-order valence-electron chi connectivity index (χ1n) is 14.6. The zero-order chi connectivity index (χ0) is 28.2. The third-order valence-electron chi connectivity index (χ3n) is 8.12. The maximum Gasteiger partial charge on any atom is 0.150 e. The SMILES string of the molecule is CCOCC1Cc2ccccc2CN1Cc1c(CC)nn(-c2ccc(C=O)c(-c3cc(C)cc(C)c3)c2)c1CC. The minimum absolute atomic E-state index is 0.329. The fraction of sp³-hybridized carbons (Fsp3) is 0.371. The second kappa shape index (κ2) is 12.3. The van der Waals surface area contributed by atoms with Gasteiger partial charge < -0.3 is 4.74 Å². The average molecular weight is 536 g/mol. The smallest absolute Gasteiger partial charge is 0.150 e. The van der Waals surface area contributed by atoms with Crippen LogP contribution >= 0.6 is 0 Å². The summed E-state index contributed by atoms with van der Waals surface area (Å²) >= 11 is 0. The van der Waals surface area contributed by atoms with Crippen molar-refractivity contribution in [3.8, 4) is 16.8 Å². The Morgan fingerprint density at radius 1 is 0.950 bits per heavy atom. The van der Waals surface area contributed by atoms with Gasteiger partial charge in [-0.3, -0.25) is 9.69 Å². The maximum atomic E-state index is 12.0. The number of aldehydes is 1. The highest BCUT2D eigenvalue weighted by Crippen LogP contribution is 2.31. The molecule has 5 heteroatoms. The van der Waals surface area contributed by atoms with Crippen molar-refractivity contribution in [1.29, 1.82) is 0 Å². The van der Waals surface area contributed by atoms with E-state index in [0.29, 0.717) is 11.6 Å². The van der Waals surface area contributed by atoms with Gasteiger partial charge in [0, 0.05) is 42.6 Å². The van der Waals surface area contributed by atoms with Crippen LogP contribution < -0.4 is 0 Å². The van der Waals surface area contributed by atoms with E-state index in [0.717, 1.165) is 74.4 Å².